The van der Waals surface area contributed by atoms with Gasteiger partial charge in [-0.1, -0.05) is 23.7 Å². The number of rotatable bonds is 7. The van der Waals surface area contributed by atoms with Gasteiger partial charge in [-0.15, -0.1) is 0 Å². The van der Waals surface area contributed by atoms with Crippen LogP contribution in [0.15, 0.2) is 71.6 Å². The lowest BCUT2D eigenvalue weighted by atomic mass is 10.1. The van der Waals surface area contributed by atoms with Gasteiger partial charge in [0.1, 0.15) is 5.75 Å². The van der Waals surface area contributed by atoms with Crippen LogP contribution in [0.5, 0.6) is 5.75 Å². The van der Waals surface area contributed by atoms with Gasteiger partial charge in [-0.05, 0) is 79.1 Å². The van der Waals surface area contributed by atoms with Crippen molar-refractivity contribution in [2.45, 2.75) is 24.8 Å². The second-order valence-electron chi connectivity index (χ2n) is 7.41. The van der Waals surface area contributed by atoms with Gasteiger partial charge in [-0.25, -0.2) is 13.1 Å². The molecule has 8 heteroatoms. The Morgan fingerprint density at radius 1 is 1.06 bits per heavy atom. The molecule has 0 bridgehead atoms. The quantitative estimate of drug-likeness (QED) is 0.554. The van der Waals surface area contributed by atoms with Crippen LogP contribution in [0.2, 0.25) is 5.02 Å². The van der Waals surface area contributed by atoms with E-state index in [0.717, 1.165) is 23.2 Å². The molecular formula is C24H23ClN2O4S. The molecule has 0 saturated carbocycles. The lowest BCUT2D eigenvalue weighted by molar-refractivity contribution is 0.0989. The average Bonchev–Trinajstić information content (AvgIpc) is 3.22. The number of nitrogens with zero attached hydrogens (tertiary/aromatic N) is 1. The first-order valence-electron chi connectivity index (χ1n) is 10.3. The van der Waals surface area contributed by atoms with Gasteiger partial charge < -0.3 is 9.64 Å². The topological polar surface area (TPSA) is 75.7 Å². The highest BCUT2D eigenvalue weighted by atomic mass is 35.5. The second-order valence-corrected chi connectivity index (χ2v) is 9.61. The summed E-state index contributed by atoms with van der Waals surface area (Å²) in [6.07, 6.45) is 0.757. The number of carbonyl (C=O) groups is 1. The molecule has 166 valence electrons. The van der Waals surface area contributed by atoms with Crippen LogP contribution in [0.1, 0.15) is 28.4 Å². The summed E-state index contributed by atoms with van der Waals surface area (Å²) in [7, 11) is -3.68. The Morgan fingerprint density at radius 2 is 1.78 bits per heavy atom. The number of hydrogen-bond donors (Lipinski definition) is 1. The van der Waals surface area contributed by atoms with Crippen molar-refractivity contribution in [2.24, 2.45) is 0 Å². The molecule has 3 aromatic carbocycles. The average molecular weight is 471 g/mol. The van der Waals surface area contributed by atoms with E-state index in [1.54, 1.807) is 41.3 Å². The van der Waals surface area contributed by atoms with Gasteiger partial charge in [0, 0.05) is 29.4 Å². The third kappa shape index (κ3) is 4.80. The number of ether oxygens (including phenoxy) is 1. The van der Waals surface area contributed by atoms with E-state index in [1.807, 2.05) is 25.1 Å². The van der Waals surface area contributed by atoms with Crippen LogP contribution in [-0.4, -0.2) is 27.5 Å². The first-order valence-corrected chi connectivity index (χ1v) is 12.2. The Kier molecular flexibility index (Phi) is 6.50. The van der Waals surface area contributed by atoms with E-state index < -0.39 is 10.0 Å². The first-order chi connectivity index (χ1) is 15.4. The number of benzene rings is 3. The minimum absolute atomic E-state index is 0.104. The summed E-state index contributed by atoms with van der Waals surface area (Å²) in [4.78, 5) is 14.9. The zero-order valence-electron chi connectivity index (χ0n) is 17.5. The highest BCUT2D eigenvalue weighted by molar-refractivity contribution is 7.89. The molecule has 0 aromatic heterocycles. The summed E-state index contributed by atoms with van der Waals surface area (Å²) in [6.45, 7) is 3.08. The van der Waals surface area contributed by atoms with Gasteiger partial charge >= 0.3 is 0 Å². The molecule has 3 aromatic rings. The molecule has 1 heterocycles. The zero-order valence-corrected chi connectivity index (χ0v) is 19.1. The fourth-order valence-electron chi connectivity index (χ4n) is 3.64. The number of fused-ring (bicyclic) bond motifs is 1. The normalized spacial score (nSPS) is 13.1. The molecule has 1 N–H and O–H groups in total. The molecule has 0 spiro atoms. The van der Waals surface area contributed by atoms with Crippen LogP contribution in [-0.2, 0) is 23.0 Å². The monoisotopic (exact) mass is 470 g/mol. The highest BCUT2D eigenvalue weighted by Gasteiger charge is 2.26. The summed E-state index contributed by atoms with van der Waals surface area (Å²) in [6, 6.07) is 18.8. The molecule has 0 aliphatic carbocycles. The molecular weight excluding hydrogens is 448 g/mol. The number of halogens is 1. The van der Waals surface area contributed by atoms with E-state index in [-0.39, 0.29) is 17.3 Å². The van der Waals surface area contributed by atoms with Crippen LogP contribution in [0.3, 0.4) is 0 Å². The van der Waals surface area contributed by atoms with Crippen molar-refractivity contribution in [3.8, 4) is 5.75 Å². The van der Waals surface area contributed by atoms with Crippen molar-refractivity contribution < 1.29 is 17.9 Å². The molecule has 0 saturated heterocycles. The maximum Gasteiger partial charge on any atom is 0.258 e. The summed E-state index contributed by atoms with van der Waals surface area (Å²) < 4.78 is 33.3. The summed E-state index contributed by atoms with van der Waals surface area (Å²) in [5.41, 5.74) is 3.20. The Hall–Kier alpha value is -2.87. The molecule has 1 aliphatic heterocycles. The number of carbonyl (C=O) groups excluding carboxylic acids is 1. The Bertz CT molecular complexity index is 1230. The summed E-state index contributed by atoms with van der Waals surface area (Å²) in [5.74, 6) is 0.517. The lowest BCUT2D eigenvalue weighted by Crippen LogP contribution is -2.29. The number of hydrogen-bond acceptors (Lipinski definition) is 4. The fourth-order valence-corrected chi connectivity index (χ4v) is 4.78. The van der Waals surface area contributed by atoms with Crippen molar-refractivity contribution in [3.63, 3.8) is 0 Å². The van der Waals surface area contributed by atoms with E-state index in [9.17, 15) is 13.2 Å². The zero-order chi connectivity index (χ0) is 22.7. The fraction of sp³-hybridized carbons (Fsp3) is 0.208. The van der Waals surface area contributed by atoms with Gasteiger partial charge in [0.15, 0.2) is 0 Å². The molecule has 0 radical (unpaired) electrons. The highest BCUT2D eigenvalue weighted by Crippen LogP contribution is 2.31. The van der Waals surface area contributed by atoms with E-state index >= 15 is 0 Å². The third-order valence-corrected chi connectivity index (χ3v) is 6.96. The predicted octanol–water partition coefficient (Wildman–Crippen LogP) is 4.42. The van der Waals surface area contributed by atoms with E-state index in [1.165, 1.54) is 12.1 Å². The number of nitrogens with one attached hydrogen (secondary N) is 1. The van der Waals surface area contributed by atoms with E-state index in [0.29, 0.717) is 29.5 Å². The number of amides is 1. The Labute approximate surface area is 192 Å². The molecule has 4 rings (SSSR count). The van der Waals surface area contributed by atoms with Crippen LogP contribution >= 0.6 is 11.6 Å². The van der Waals surface area contributed by atoms with Gasteiger partial charge in [-0.2, -0.15) is 0 Å². The smallest absolute Gasteiger partial charge is 0.258 e. The molecule has 0 atom stereocenters. The Morgan fingerprint density at radius 3 is 2.47 bits per heavy atom. The van der Waals surface area contributed by atoms with Crippen LogP contribution in [0.25, 0.3) is 0 Å². The molecule has 1 aliphatic rings. The van der Waals surface area contributed by atoms with Crippen LogP contribution in [0.4, 0.5) is 5.69 Å². The van der Waals surface area contributed by atoms with Crippen LogP contribution in [0, 0.1) is 0 Å². The SMILES string of the molecule is CCOc1ccc(S(=O)(=O)NCc2ccc3c(c2)N(C(=O)c2ccc(Cl)cc2)CC3)cc1. The minimum Gasteiger partial charge on any atom is -0.494 e. The molecule has 1 amide bonds. The van der Waals surface area contributed by atoms with Crippen LogP contribution < -0.4 is 14.4 Å². The summed E-state index contributed by atoms with van der Waals surface area (Å²) >= 11 is 5.93. The molecule has 0 unspecified atom stereocenters. The summed E-state index contributed by atoms with van der Waals surface area (Å²) in [5, 5.41) is 0.575. The van der Waals surface area contributed by atoms with E-state index in [2.05, 4.69) is 4.72 Å². The van der Waals surface area contributed by atoms with Crippen molar-refractivity contribution in [2.75, 3.05) is 18.1 Å². The predicted molar refractivity (Wildman–Crippen MR) is 125 cm³/mol. The third-order valence-electron chi connectivity index (χ3n) is 5.29. The van der Waals surface area contributed by atoms with E-state index in [4.69, 9.17) is 16.3 Å². The molecule has 6 nitrogen and oxygen atoms in total. The van der Waals surface area contributed by atoms with Crippen molar-refractivity contribution in [1.82, 2.24) is 4.72 Å². The first kappa shape index (κ1) is 22.3. The number of sulfonamides is 1. The standard InChI is InChI=1S/C24H23ClN2O4S/c1-2-31-21-9-11-22(12-10-21)32(29,30)26-16-17-3-4-18-13-14-27(23(18)15-17)24(28)19-5-7-20(25)8-6-19/h3-12,15,26H,2,13-14,16H2,1H3. The number of anilines is 1. The van der Waals surface area contributed by atoms with Gasteiger partial charge in [0.25, 0.3) is 5.91 Å². The maximum absolute atomic E-state index is 13.0. The van der Waals surface area contributed by atoms with Crippen molar-refractivity contribution >= 4 is 33.2 Å². The minimum atomic E-state index is -3.68. The van der Waals surface area contributed by atoms with Gasteiger partial charge in [0.05, 0.1) is 11.5 Å². The van der Waals surface area contributed by atoms with Crippen molar-refractivity contribution in [1.29, 1.82) is 0 Å². The molecule has 0 fully saturated rings. The molecule has 32 heavy (non-hydrogen) atoms. The lowest BCUT2D eigenvalue weighted by Gasteiger charge is -2.18. The maximum atomic E-state index is 13.0. The Balaban J connectivity index is 1.48. The van der Waals surface area contributed by atoms with Gasteiger partial charge in [0.2, 0.25) is 10.0 Å². The second kappa shape index (κ2) is 9.32. The largest absolute Gasteiger partial charge is 0.494 e. The van der Waals surface area contributed by atoms with Gasteiger partial charge in [-0.3, -0.25) is 4.79 Å². The van der Waals surface area contributed by atoms with Crippen molar-refractivity contribution in [3.05, 3.63) is 88.4 Å².